The Labute approximate surface area is 80.3 Å². The highest BCUT2D eigenvalue weighted by atomic mass is 19.4. The van der Waals surface area contributed by atoms with Crippen LogP contribution < -0.4 is 5.32 Å². The maximum atomic E-state index is 11.8. The summed E-state index contributed by atoms with van der Waals surface area (Å²) in [5, 5.41) is 10.4. The Kier molecular flexibility index (Phi) is 4.90. The van der Waals surface area contributed by atoms with Crippen LogP contribution in [0.1, 0.15) is 20.3 Å². The molecule has 84 valence electrons. The molecule has 6 heteroatoms. The van der Waals surface area contributed by atoms with Crippen LogP contribution in [0, 0.1) is 5.92 Å². The van der Waals surface area contributed by atoms with Crippen LogP contribution in [0.15, 0.2) is 0 Å². The highest BCUT2D eigenvalue weighted by Gasteiger charge is 2.39. The zero-order valence-electron chi connectivity index (χ0n) is 8.06. The minimum atomic E-state index is -4.88. The summed E-state index contributed by atoms with van der Waals surface area (Å²) in [7, 11) is 0. The number of alkyl halides is 3. The van der Waals surface area contributed by atoms with Gasteiger partial charge < -0.3 is 10.4 Å². The van der Waals surface area contributed by atoms with Gasteiger partial charge in [-0.2, -0.15) is 13.2 Å². The summed E-state index contributed by atoms with van der Waals surface area (Å²) in [5.41, 5.74) is 0. The van der Waals surface area contributed by atoms with Crippen LogP contribution in [-0.2, 0) is 4.79 Å². The van der Waals surface area contributed by atoms with Crippen molar-refractivity contribution in [2.75, 3.05) is 6.61 Å². The van der Waals surface area contributed by atoms with E-state index >= 15 is 0 Å². The van der Waals surface area contributed by atoms with Crippen LogP contribution >= 0.6 is 0 Å². The third-order valence-corrected chi connectivity index (χ3v) is 1.57. The maximum absolute atomic E-state index is 11.8. The molecule has 0 radical (unpaired) electrons. The first kappa shape index (κ1) is 13.2. The van der Waals surface area contributed by atoms with Gasteiger partial charge in [0.25, 0.3) is 0 Å². The Morgan fingerprint density at radius 3 is 2.21 bits per heavy atom. The molecule has 1 amide bonds. The normalized spacial score (nSPS) is 14.2. The lowest BCUT2D eigenvalue weighted by Crippen LogP contribution is -2.45. The molecule has 0 aromatic carbocycles. The molecular formula is C8H14F3NO2. The number of halogens is 3. The van der Waals surface area contributed by atoms with Crippen LogP contribution in [0.25, 0.3) is 0 Å². The highest BCUT2D eigenvalue weighted by Crippen LogP contribution is 2.15. The zero-order chi connectivity index (χ0) is 11.4. The molecule has 0 aliphatic rings. The summed E-state index contributed by atoms with van der Waals surface area (Å²) < 4.78 is 35.4. The molecule has 0 fully saturated rings. The topological polar surface area (TPSA) is 49.3 Å². The third-order valence-electron chi connectivity index (χ3n) is 1.57. The molecule has 0 unspecified atom stereocenters. The van der Waals surface area contributed by atoms with E-state index in [0.717, 1.165) is 0 Å². The predicted octanol–water partition coefficient (Wildman–Crippen LogP) is 1.07. The van der Waals surface area contributed by atoms with Crippen LogP contribution in [-0.4, -0.2) is 29.8 Å². The van der Waals surface area contributed by atoms with Gasteiger partial charge in [-0.1, -0.05) is 13.8 Å². The second-order valence-corrected chi connectivity index (χ2v) is 3.48. The monoisotopic (exact) mass is 213 g/mol. The van der Waals surface area contributed by atoms with Gasteiger partial charge in [0.1, 0.15) is 0 Å². The van der Waals surface area contributed by atoms with Crippen molar-refractivity contribution in [1.82, 2.24) is 5.32 Å². The predicted molar refractivity (Wildman–Crippen MR) is 44.5 cm³/mol. The molecule has 2 N–H and O–H groups in total. The molecule has 0 bridgehead atoms. The fourth-order valence-corrected chi connectivity index (χ4v) is 1.02. The molecule has 0 aromatic rings. The molecule has 14 heavy (non-hydrogen) atoms. The lowest BCUT2D eigenvalue weighted by Gasteiger charge is -2.18. The molecule has 0 aromatic heterocycles. The number of carbonyl (C=O) groups excluding carboxylic acids is 1. The Bertz CT molecular complexity index is 192. The van der Waals surface area contributed by atoms with Crippen molar-refractivity contribution in [3.8, 4) is 0 Å². The SMILES string of the molecule is CC(C)C[C@@H](CO)NC(=O)C(F)(F)F. The first-order chi connectivity index (χ1) is 6.27. The standard InChI is InChI=1S/C8H14F3NO2/c1-5(2)3-6(4-13)12-7(14)8(9,10)11/h5-6,13H,3-4H2,1-2H3,(H,12,14)/t6-/m0/s1. The highest BCUT2D eigenvalue weighted by molar-refractivity contribution is 5.81. The Morgan fingerprint density at radius 1 is 1.43 bits per heavy atom. The zero-order valence-corrected chi connectivity index (χ0v) is 8.06. The number of hydrogen-bond donors (Lipinski definition) is 2. The fraction of sp³-hybridized carbons (Fsp3) is 0.875. The van der Waals surface area contributed by atoms with Gasteiger partial charge in [-0.3, -0.25) is 4.79 Å². The summed E-state index contributed by atoms with van der Waals surface area (Å²) in [6, 6.07) is -0.830. The maximum Gasteiger partial charge on any atom is 0.471 e. The van der Waals surface area contributed by atoms with Crippen molar-refractivity contribution in [3.05, 3.63) is 0 Å². The molecule has 0 saturated carbocycles. The minimum Gasteiger partial charge on any atom is -0.394 e. The second-order valence-electron chi connectivity index (χ2n) is 3.48. The van der Waals surface area contributed by atoms with E-state index in [1.165, 1.54) is 0 Å². The van der Waals surface area contributed by atoms with Gasteiger partial charge in [-0.05, 0) is 12.3 Å². The quantitative estimate of drug-likeness (QED) is 0.734. The molecule has 0 aliphatic carbocycles. The molecule has 0 spiro atoms. The number of aliphatic hydroxyl groups is 1. The van der Waals surface area contributed by atoms with Crippen molar-refractivity contribution in [2.45, 2.75) is 32.5 Å². The molecule has 0 heterocycles. The minimum absolute atomic E-state index is 0.112. The van der Waals surface area contributed by atoms with Crippen molar-refractivity contribution in [3.63, 3.8) is 0 Å². The van der Waals surface area contributed by atoms with Gasteiger partial charge in [-0.25, -0.2) is 0 Å². The number of nitrogens with one attached hydrogen (secondary N) is 1. The van der Waals surface area contributed by atoms with Crippen molar-refractivity contribution in [1.29, 1.82) is 0 Å². The van der Waals surface area contributed by atoms with E-state index in [9.17, 15) is 18.0 Å². The Morgan fingerprint density at radius 2 is 1.93 bits per heavy atom. The number of rotatable bonds is 4. The summed E-state index contributed by atoms with van der Waals surface area (Å²) >= 11 is 0. The summed E-state index contributed by atoms with van der Waals surface area (Å²) in [4.78, 5) is 10.5. The number of amides is 1. The van der Waals surface area contributed by atoms with Gasteiger partial charge in [-0.15, -0.1) is 0 Å². The van der Waals surface area contributed by atoms with Gasteiger partial charge in [0.2, 0.25) is 0 Å². The van der Waals surface area contributed by atoms with Gasteiger partial charge in [0.05, 0.1) is 12.6 Å². The first-order valence-corrected chi connectivity index (χ1v) is 4.26. The van der Waals surface area contributed by atoms with E-state index in [2.05, 4.69) is 0 Å². The third kappa shape index (κ3) is 5.06. The van der Waals surface area contributed by atoms with E-state index in [1.807, 2.05) is 0 Å². The average Bonchev–Trinajstić information content (AvgIpc) is 2.00. The number of aliphatic hydroxyl groups excluding tert-OH is 1. The van der Waals surface area contributed by atoms with Crippen LogP contribution in [0.5, 0.6) is 0 Å². The number of hydrogen-bond acceptors (Lipinski definition) is 2. The van der Waals surface area contributed by atoms with Gasteiger partial charge in [0, 0.05) is 0 Å². The van der Waals surface area contributed by atoms with E-state index in [4.69, 9.17) is 5.11 Å². The largest absolute Gasteiger partial charge is 0.471 e. The summed E-state index contributed by atoms with van der Waals surface area (Å²) in [6.07, 6.45) is -4.57. The van der Waals surface area contributed by atoms with Crippen molar-refractivity contribution in [2.24, 2.45) is 5.92 Å². The lowest BCUT2D eigenvalue weighted by molar-refractivity contribution is -0.174. The van der Waals surface area contributed by atoms with Crippen LogP contribution in [0.2, 0.25) is 0 Å². The Hall–Kier alpha value is -0.780. The van der Waals surface area contributed by atoms with Gasteiger partial charge in [0.15, 0.2) is 0 Å². The van der Waals surface area contributed by atoms with Crippen molar-refractivity contribution < 1.29 is 23.1 Å². The average molecular weight is 213 g/mol. The number of carbonyl (C=O) groups is 1. The summed E-state index contributed by atoms with van der Waals surface area (Å²) in [5.74, 6) is -1.89. The summed E-state index contributed by atoms with van der Waals surface area (Å²) in [6.45, 7) is 3.10. The molecule has 0 saturated heterocycles. The molecule has 3 nitrogen and oxygen atoms in total. The first-order valence-electron chi connectivity index (χ1n) is 4.26. The molecular weight excluding hydrogens is 199 g/mol. The molecule has 0 aliphatic heterocycles. The lowest BCUT2D eigenvalue weighted by atomic mass is 10.0. The fourth-order valence-electron chi connectivity index (χ4n) is 1.02. The molecule has 1 atom stereocenters. The van der Waals surface area contributed by atoms with Gasteiger partial charge >= 0.3 is 12.1 Å². The van der Waals surface area contributed by atoms with E-state index < -0.39 is 24.7 Å². The van der Waals surface area contributed by atoms with Crippen LogP contribution in [0.3, 0.4) is 0 Å². The van der Waals surface area contributed by atoms with E-state index in [0.29, 0.717) is 6.42 Å². The van der Waals surface area contributed by atoms with Crippen LogP contribution in [0.4, 0.5) is 13.2 Å². The Balaban J connectivity index is 4.12. The molecule has 0 rings (SSSR count). The second kappa shape index (κ2) is 5.19. The van der Waals surface area contributed by atoms with Crippen molar-refractivity contribution >= 4 is 5.91 Å². The van der Waals surface area contributed by atoms with E-state index in [1.54, 1.807) is 19.2 Å². The smallest absolute Gasteiger partial charge is 0.394 e. The van der Waals surface area contributed by atoms with E-state index in [-0.39, 0.29) is 5.92 Å².